The number of thiazole rings is 1. The van der Waals surface area contributed by atoms with Crippen LogP contribution in [0.3, 0.4) is 0 Å². The normalized spacial score (nSPS) is 12.7. The van der Waals surface area contributed by atoms with Crippen LogP contribution >= 0.6 is 11.3 Å². The second kappa shape index (κ2) is 9.25. The molecule has 1 aromatic heterocycles. The monoisotopic (exact) mass is 412 g/mol. The number of hydrogen-bond acceptors (Lipinski definition) is 4. The van der Waals surface area contributed by atoms with Crippen molar-refractivity contribution in [3.05, 3.63) is 89.5 Å². The molecule has 0 atom stereocenters. The summed E-state index contributed by atoms with van der Waals surface area (Å²) in [7, 11) is 1.80. The number of hydrogen-bond donors (Lipinski definition) is 2. The van der Waals surface area contributed by atoms with Gasteiger partial charge in [-0.2, -0.15) is 0 Å². The molecule has 0 radical (unpaired) electrons. The summed E-state index contributed by atoms with van der Waals surface area (Å²) in [6.45, 7) is 0. The van der Waals surface area contributed by atoms with Crippen LogP contribution in [-0.2, 0) is 0 Å². The molecule has 0 unspecified atom stereocenters. The molecule has 2 aromatic carbocycles. The van der Waals surface area contributed by atoms with Gasteiger partial charge in [-0.3, -0.25) is 0 Å². The molecule has 7 heteroatoms. The molecular formula is C22H18F2N2O2S. The molecule has 4 rings (SSSR count). The Balaban J connectivity index is 0.000000176. The number of rotatable bonds is 3. The van der Waals surface area contributed by atoms with Gasteiger partial charge in [0.1, 0.15) is 11.6 Å². The summed E-state index contributed by atoms with van der Waals surface area (Å²) in [5, 5.41) is 12.5. The summed E-state index contributed by atoms with van der Waals surface area (Å²) in [5.74, 6) is -2.17. The molecule has 0 aliphatic heterocycles. The Morgan fingerprint density at radius 1 is 1.17 bits per heavy atom. The number of carbonyl (C=O) groups is 1. The maximum absolute atomic E-state index is 13.5. The minimum atomic E-state index is -1.25. The number of fused-ring (bicyclic) bond motifs is 1. The molecule has 0 bridgehead atoms. The molecule has 1 aliphatic carbocycles. The van der Waals surface area contributed by atoms with E-state index in [0.717, 1.165) is 27.3 Å². The summed E-state index contributed by atoms with van der Waals surface area (Å²) in [6, 6.07) is 8.76. The lowest BCUT2D eigenvalue weighted by Crippen LogP contribution is -2.00. The SMILES string of the molecule is CNc1nc2ccc(F)cc2s1.O=C(O)c1ccc(C2=CCC=CC=C2)cc1F. The summed E-state index contributed by atoms with van der Waals surface area (Å²) in [6.07, 6.45) is 10.4. The van der Waals surface area contributed by atoms with E-state index in [9.17, 15) is 13.6 Å². The van der Waals surface area contributed by atoms with Crippen LogP contribution in [0.2, 0.25) is 0 Å². The van der Waals surface area contributed by atoms with Crippen molar-refractivity contribution >= 4 is 38.2 Å². The number of benzene rings is 2. The first-order chi connectivity index (χ1) is 14.0. The van der Waals surface area contributed by atoms with E-state index < -0.39 is 11.8 Å². The fourth-order valence-corrected chi connectivity index (χ4v) is 3.51. The predicted octanol–water partition coefficient (Wildman–Crippen LogP) is 5.90. The number of nitrogens with zero attached hydrogens (tertiary/aromatic N) is 1. The Morgan fingerprint density at radius 2 is 2.00 bits per heavy atom. The number of nitrogens with one attached hydrogen (secondary N) is 1. The van der Waals surface area contributed by atoms with E-state index in [4.69, 9.17) is 5.11 Å². The molecule has 0 amide bonds. The Morgan fingerprint density at radius 3 is 2.72 bits per heavy atom. The number of carboxylic acid groups (broad SMARTS) is 1. The average Bonchev–Trinajstić information content (AvgIpc) is 2.91. The average molecular weight is 412 g/mol. The minimum Gasteiger partial charge on any atom is -0.478 e. The number of anilines is 1. The predicted molar refractivity (Wildman–Crippen MR) is 113 cm³/mol. The van der Waals surface area contributed by atoms with E-state index in [1.165, 1.54) is 35.6 Å². The molecule has 4 nitrogen and oxygen atoms in total. The molecule has 1 heterocycles. The molecule has 2 N–H and O–H groups in total. The first kappa shape index (κ1) is 20.4. The number of carboxylic acids is 1. The second-order valence-corrected chi connectivity index (χ2v) is 7.09. The van der Waals surface area contributed by atoms with Crippen molar-refractivity contribution in [2.24, 2.45) is 0 Å². The van der Waals surface area contributed by atoms with E-state index in [0.29, 0.717) is 5.56 Å². The van der Waals surface area contributed by atoms with Crippen LogP contribution in [0.15, 0.2) is 66.8 Å². The summed E-state index contributed by atoms with van der Waals surface area (Å²) >= 11 is 1.45. The highest BCUT2D eigenvalue weighted by Crippen LogP contribution is 2.25. The van der Waals surface area contributed by atoms with Crippen molar-refractivity contribution < 1.29 is 18.7 Å². The van der Waals surface area contributed by atoms with E-state index in [-0.39, 0.29) is 11.4 Å². The summed E-state index contributed by atoms with van der Waals surface area (Å²) in [4.78, 5) is 14.9. The van der Waals surface area contributed by atoms with Crippen LogP contribution < -0.4 is 5.32 Å². The van der Waals surface area contributed by atoms with Crippen LogP contribution in [0.4, 0.5) is 13.9 Å². The largest absolute Gasteiger partial charge is 0.478 e. The van der Waals surface area contributed by atoms with E-state index in [2.05, 4.69) is 10.3 Å². The van der Waals surface area contributed by atoms with E-state index >= 15 is 0 Å². The zero-order valence-corrected chi connectivity index (χ0v) is 16.3. The topological polar surface area (TPSA) is 62.2 Å². The molecule has 0 spiro atoms. The smallest absolute Gasteiger partial charge is 0.338 e. The zero-order chi connectivity index (χ0) is 20.8. The first-order valence-corrected chi connectivity index (χ1v) is 9.60. The molecule has 0 saturated heterocycles. The standard InChI is InChI=1S/C14H11FO2.C8H7FN2S/c15-13-9-11(7-8-12(13)14(16)17)10-5-3-1-2-4-6-10;1-10-8-11-6-3-2-5(9)4-7(6)12-8/h1-3,5-9H,4H2,(H,16,17);2-4H,1H3,(H,10,11). The Kier molecular flexibility index (Phi) is 6.51. The lowest BCUT2D eigenvalue weighted by atomic mass is 10.0. The van der Waals surface area contributed by atoms with Gasteiger partial charge in [-0.25, -0.2) is 18.6 Å². The molecule has 29 heavy (non-hydrogen) atoms. The summed E-state index contributed by atoms with van der Waals surface area (Å²) in [5.41, 5.74) is 2.12. The highest BCUT2D eigenvalue weighted by atomic mass is 32.1. The van der Waals surface area contributed by atoms with Crippen LogP contribution in [0, 0.1) is 11.6 Å². The number of allylic oxidation sites excluding steroid dienone is 6. The van der Waals surface area contributed by atoms with Crippen LogP contribution in [-0.4, -0.2) is 23.1 Å². The van der Waals surface area contributed by atoms with E-state index in [1.54, 1.807) is 19.2 Å². The third-order valence-corrected chi connectivity index (χ3v) is 5.13. The van der Waals surface area contributed by atoms with Gasteiger partial charge in [0.2, 0.25) is 0 Å². The van der Waals surface area contributed by atoms with Crippen LogP contribution in [0.5, 0.6) is 0 Å². The molecule has 0 fully saturated rings. The highest BCUT2D eigenvalue weighted by Gasteiger charge is 2.11. The molecule has 3 aromatic rings. The van der Waals surface area contributed by atoms with Gasteiger partial charge >= 0.3 is 5.97 Å². The van der Waals surface area contributed by atoms with Gasteiger partial charge in [-0.05, 0) is 47.9 Å². The third-order valence-electron chi connectivity index (χ3n) is 4.09. The number of aromatic carboxylic acids is 1. The number of aromatic nitrogens is 1. The van der Waals surface area contributed by atoms with Crippen molar-refractivity contribution in [2.75, 3.05) is 12.4 Å². The molecular weight excluding hydrogens is 394 g/mol. The van der Waals surface area contributed by atoms with Gasteiger partial charge in [0, 0.05) is 7.05 Å². The quantitative estimate of drug-likeness (QED) is 0.562. The zero-order valence-electron chi connectivity index (χ0n) is 15.5. The lowest BCUT2D eigenvalue weighted by Gasteiger charge is -2.04. The van der Waals surface area contributed by atoms with Crippen molar-refractivity contribution in [1.29, 1.82) is 0 Å². The van der Waals surface area contributed by atoms with Crippen LogP contribution in [0.1, 0.15) is 22.3 Å². The lowest BCUT2D eigenvalue weighted by molar-refractivity contribution is 0.0692. The van der Waals surface area contributed by atoms with Gasteiger partial charge in [0.25, 0.3) is 0 Å². The molecule has 1 aliphatic rings. The fourth-order valence-electron chi connectivity index (χ4n) is 2.67. The van der Waals surface area contributed by atoms with Crippen molar-refractivity contribution in [3.63, 3.8) is 0 Å². The summed E-state index contributed by atoms with van der Waals surface area (Å²) < 4.78 is 27.1. The number of halogens is 2. The van der Waals surface area contributed by atoms with Gasteiger partial charge < -0.3 is 10.4 Å². The first-order valence-electron chi connectivity index (χ1n) is 8.78. The molecule has 0 saturated carbocycles. The van der Waals surface area contributed by atoms with Crippen molar-refractivity contribution in [1.82, 2.24) is 4.98 Å². The Hall–Kier alpha value is -3.32. The molecule has 148 valence electrons. The Labute approximate surface area is 170 Å². The fraction of sp³-hybridized carbons (Fsp3) is 0.0909. The second-order valence-electron chi connectivity index (χ2n) is 6.06. The van der Waals surface area contributed by atoms with Gasteiger partial charge in [-0.1, -0.05) is 47.8 Å². The van der Waals surface area contributed by atoms with Gasteiger partial charge in [0.05, 0.1) is 15.8 Å². The van der Waals surface area contributed by atoms with Gasteiger partial charge in [-0.15, -0.1) is 0 Å². The van der Waals surface area contributed by atoms with Crippen LogP contribution in [0.25, 0.3) is 15.8 Å². The van der Waals surface area contributed by atoms with Gasteiger partial charge in [0.15, 0.2) is 5.13 Å². The Bertz CT molecular complexity index is 1130. The van der Waals surface area contributed by atoms with E-state index in [1.807, 2.05) is 30.4 Å². The third kappa shape index (κ3) is 5.14. The maximum Gasteiger partial charge on any atom is 0.338 e. The van der Waals surface area contributed by atoms with Crippen molar-refractivity contribution in [2.45, 2.75) is 6.42 Å². The maximum atomic E-state index is 13.5. The minimum absolute atomic E-state index is 0.214. The van der Waals surface area contributed by atoms with Crippen molar-refractivity contribution in [3.8, 4) is 0 Å². The highest BCUT2D eigenvalue weighted by molar-refractivity contribution is 7.22.